The second kappa shape index (κ2) is 13.2. The molecule has 3 rings (SSSR count). The highest BCUT2D eigenvalue weighted by Crippen LogP contribution is 2.43. The van der Waals surface area contributed by atoms with E-state index in [2.05, 4.69) is 27.7 Å². The quantitative estimate of drug-likeness (QED) is 0.172. The van der Waals surface area contributed by atoms with Gasteiger partial charge in [0.1, 0.15) is 17.2 Å². The average molecular weight is 475 g/mol. The molecule has 3 heteroatoms. The smallest absolute Gasteiger partial charge is 0.420 e. The summed E-state index contributed by atoms with van der Waals surface area (Å²) in [6, 6.07) is 29.6. The van der Waals surface area contributed by atoms with Gasteiger partial charge in [-0.05, 0) is 48.2 Å². The molecule has 188 valence electrons. The third-order valence-electron chi connectivity index (χ3n) is 6.33. The van der Waals surface area contributed by atoms with E-state index in [1.165, 1.54) is 32.1 Å². The van der Waals surface area contributed by atoms with Crippen molar-refractivity contribution in [1.29, 1.82) is 0 Å². The maximum absolute atomic E-state index is 6.75. The Morgan fingerprint density at radius 3 is 1.29 bits per heavy atom. The van der Waals surface area contributed by atoms with Crippen LogP contribution in [0.3, 0.4) is 0 Å². The van der Waals surface area contributed by atoms with Crippen molar-refractivity contribution in [2.75, 3.05) is 0 Å². The van der Waals surface area contributed by atoms with Gasteiger partial charge in [-0.1, -0.05) is 121 Å². The van der Waals surface area contributed by atoms with Gasteiger partial charge < -0.3 is 14.2 Å². The zero-order chi connectivity index (χ0) is 25.0. The Labute approximate surface area is 212 Å². The topological polar surface area (TPSA) is 27.7 Å². The lowest BCUT2D eigenvalue weighted by Gasteiger charge is -2.45. The highest BCUT2D eigenvalue weighted by atomic mass is 16.9. The van der Waals surface area contributed by atoms with Crippen molar-refractivity contribution in [2.24, 2.45) is 11.3 Å². The molecule has 0 N–H and O–H groups in total. The second-order valence-corrected chi connectivity index (χ2v) is 10.3. The van der Waals surface area contributed by atoms with Crippen molar-refractivity contribution in [3.8, 4) is 17.2 Å². The standard InChI is InChI=1S/C32H42O3/c1-5-6-7-8-9-19-26-30(31(2,3)4)32(33-27-20-13-10-14-21-27,34-28-22-15-11-16-23-28)35-29-24-17-12-18-25-29/h10-18,20-25,30H,5-9,19,26H2,1-4H3. The second-order valence-electron chi connectivity index (χ2n) is 10.3. The summed E-state index contributed by atoms with van der Waals surface area (Å²) >= 11 is 0. The fraction of sp³-hybridized carbons (Fsp3) is 0.438. The first kappa shape index (κ1) is 26.7. The molecule has 3 aromatic rings. The van der Waals surface area contributed by atoms with Gasteiger partial charge in [-0.25, -0.2) is 0 Å². The summed E-state index contributed by atoms with van der Waals surface area (Å²) in [5, 5.41) is 0. The van der Waals surface area contributed by atoms with E-state index in [-0.39, 0.29) is 11.3 Å². The summed E-state index contributed by atoms with van der Waals surface area (Å²) in [5.41, 5.74) is -0.137. The Balaban J connectivity index is 2.01. The number of hydrogen-bond donors (Lipinski definition) is 0. The van der Waals surface area contributed by atoms with Crippen LogP contribution in [0.2, 0.25) is 0 Å². The minimum absolute atomic E-state index is 0.0400. The van der Waals surface area contributed by atoms with Crippen LogP contribution in [0.15, 0.2) is 91.0 Å². The third kappa shape index (κ3) is 8.35. The van der Waals surface area contributed by atoms with Gasteiger partial charge in [-0.3, -0.25) is 0 Å². The predicted molar refractivity (Wildman–Crippen MR) is 145 cm³/mol. The van der Waals surface area contributed by atoms with Crippen LogP contribution in [0.5, 0.6) is 17.2 Å². The van der Waals surface area contributed by atoms with E-state index < -0.39 is 5.97 Å². The molecule has 0 aromatic heterocycles. The first-order valence-corrected chi connectivity index (χ1v) is 13.1. The summed E-state index contributed by atoms with van der Waals surface area (Å²) < 4.78 is 20.2. The van der Waals surface area contributed by atoms with Gasteiger partial charge >= 0.3 is 5.97 Å². The molecule has 0 fully saturated rings. The Hall–Kier alpha value is -2.94. The minimum Gasteiger partial charge on any atom is -0.420 e. The fourth-order valence-corrected chi connectivity index (χ4v) is 4.50. The zero-order valence-corrected chi connectivity index (χ0v) is 21.9. The third-order valence-corrected chi connectivity index (χ3v) is 6.33. The van der Waals surface area contributed by atoms with Gasteiger partial charge in [0.15, 0.2) is 0 Å². The van der Waals surface area contributed by atoms with Gasteiger partial charge in [0.05, 0.1) is 5.92 Å². The molecule has 0 spiro atoms. The molecule has 0 saturated carbocycles. The molecule has 1 unspecified atom stereocenters. The number of unbranched alkanes of at least 4 members (excludes halogenated alkanes) is 5. The van der Waals surface area contributed by atoms with Crippen molar-refractivity contribution < 1.29 is 14.2 Å². The van der Waals surface area contributed by atoms with Crippen molar-refractivity contribution in [2.45, 2.75) is 78.6 Å². The molecule has 1 atom stereocenters. The van der Waals surface area contributed by atoms with Crippen LogP contribution in [0, 0.1) is 11.3 Å². The lowest BCUT2D eigenvalue weighted by molar-refractivity contribution is -0.303. The monoisotopic (exact) mass is 474 g/mol. The van der Waals surface area contributed by atoms with Gasteiger partial charge in [-0.15, -0.1) is 0 Å². The normalized spacial score (nSPS) is 12.7. The van der Waals surface area contributed by atoms with Crippen molar-refractivity contribution in [3.05, 3.63) is 91.0 Å². The van der Waals surface area contributed by atoms with E-state index in [1.54, 1.807) is 0 Å². The highest BCUT2D eigenvalue weighted by molar-refractivity contribution is 5.26. The molecule has 0 aliphatic heterocycles. The van der Waals surface area contributed by atoms with Gasteiger partial charge in [0.2, 0.25) is 0 Å². The van der Waals surface area contributed by atoms with E-state index in [1.807, 2.05) is 91.0 Å². The Morgan fingerprint density at radius 1 is 0.543 bits per heavy atom. The van der Waals surface area contributed by atoms with Crippen molar-refractivity contribution in [3.63, 3.8) is 0 Å². The lowest BCUT2D eigenvalue weighted by Crippen LogP contribution is -2.58. The van der Waals surface area contributed by atoms with Gasteiger partial charge in [0, 0.05) is 0 Å². The van der Waals surface area contributed by atoms with Gasteiger partial charge in [-0.2, -0.15) is 0 Å². The maximum atomic E-state index is 6.75. The van der Waals surface area contributed by atoms with E-state index in [0.717, 1.165) is 30.1 Å². The van der Waals surface area contributed by atoms with Crippen molar-refractivity contribution in [1.82, 2.24) is 0 Å². The average Bonchev–Trinajstić information content (AvgIpc) is 2.84. The minimum atomic E-state index is -1.34. The molecule has 0 heterocycles. The van der Waals surface area contributed by atoms with Crippen LogP contribution in [0.25, 0.3) is 0 Å². The number of hydrogen-bond acceptors (Lipinski definition) is 3. The molecule has 3 nitrogen and oxygen atoms in total. The fourth-order valence-electron chi connectivity index (χ4n) is 4.50. The highest BCUT2D eigenvalue weighted by Gasteiger charge is 2.52. The van der Waals surface area contributed by atoms with Crippen LogP contribution >= 0.6 is 0 Å². The maximum Gasteiger partial charge on any atom is 0.420 e. The molecule has 0 saturated heterocycles. The lowest BCUT2D eigenvalue weighted by atomic mass is 9.75. The number of benzene rings is 3. The summed E-state index contributed by atoms with van der Waals surface area (Å²) in [7, 11) is 0. The Morgan fingerprint density at radius 2 is 0.914 bits per heavy atom. The molecule has 35 heavy (non-hydrogen) atoms. The largest absolute Gasteiger partial charge is 0.420 e. The van der Waals surface area contributed by atoms with E-state index in [4.69, 9.17) is 14.2 Å². The molecule has 0 radical (unpaired) electrons. The van der Waals surface area contributed by atoms with E-state index >= 15 is 0 Å². The van der Waals surface area contributed by atoms with Crippen molar-refractivity contribution >= 4 is 0 Å². The van der Waals surface area contributed by atoms with Crippen LogP contribution < -0.4 is 14.2 Å². The summed E-state index contributed by atoms with van der Waals surface area (Å²) in [6.07, 6.45) is 8.35. The van der Waals surface area contributed by atoms with E-state index in [9.17, 15) is 0 Å². The Bertz CT molecular complexity index is 847. The van der Waals surface area contributed by atoms with E-state index in [0.29, 0.717) is 0 Å². The molecule has 0 bridgehead atoms. The molecule has 0 aliphatic carbocycles. The van der Waals surface area contributed by atoms with Gasteiger partial charge in [0.25, 0.3) is 0 Å². The van der Waals surface area contributed by atoms with Crippen LogP contribution in [-0.4, -0.2) is 5.97 Å². The number of rotatable bonds is 14. The molecular formula is C32H42O3. The Kier molecular flexibility index (Phi) is 10.1. The van der Waals surface area contributed by atoms with Crippen LogP contribution in [0.1, 0.15) is 72.6 Å². The number of para-hydroxylation sites is 3. The predicted octanol–water partition coefficient (Wildman–Crippen LogP) is 9.29. The number of ether oxygens (including phenoxy) is 3. The summed E-state index contributed by atoms with van der Waals surface area (Å²) in [5.74, 6) is 0.776. The van der Waals surface area contributed by atoms with Crippen LogP contribution in [-0.2, 0) is 0 Å². The molecular weight excluding hydrogens is 432 g/mol. The first-order chi connectivity index (χ1) is 16.9. The SMILES string of the molecule is CCCCCCCCC(C(C)(C)C)C(Oc1ccccc1)(Oc1ccccc1)Oc1ccccc1. The zero-order valence-electron chi connectivity index (χ0n) is 21.9. The summed E-state index contributed by atoms with van der Waals surface area (Å²) in [6.45, 7) is 9.01. The summed E-state index contributed by atoms with van der Waals surface area (Å²) in [4.78, 5) is 0. The first-order valence-electron chi connectivity index (χ1n) is 13.1. The molecule has 0 amide bonds. The molecule has 3 aromatic carbocycles. The van der Waals surface area contributed by atoms with Crippen LogP contribution in [0.4, 0.5) is 0 Å². The molecule has 0 aliphatic rings.